The number of carbonyl (C=O) groups is 1. The standard InChI is InChI=1S/C17H27N3OS.2ClH/c1-2-8-18-9-10-19-17(21)16(15-6-4-3-5-7-15)20-11-13-22-14-12-20;;/h3-7,16,18H,2,8-14H2,1H3,(H,19,21);2*1H. The van der Waals surface area contributed by atoms with Gasteiger partial charge < -0.3 is 10.6 Å². The Kier molecular flexibility index (Phi) is 13.5. The zero-order valence-corrected chi connectivity index (χ0v) is 16.7. The zero-order chi connectivity index (χ0) is 15.6. The third kappa shape index (κ3) is 7.62. The van der Waals surface area contributed by atoms with Gasteiger partial charge in [-0.15, -0.1) is 24.8 Å². The quantitative estimate of drug-likeness (QED) is 0.666. The lowest BCUT2D eigenvalue weighted by Crippen LogP contribution is -2.45. The monoisotopic (exact) mass is 393 g/mol. The molecule has 138 valence electrons. The van der Waals surface area contributed by atoms with E-state index in [1.807, 2.05) is 30.0 Å². The summed E-state index contributed by atoms with van der Waals surface area (Å²) in [5.74, 6) is 2.33. The minimum Gasteiger partial charge on any atom is -0.353 e. The Morgan fingerprint density at radius 1 is 1.12 bits per heavy atom. The first kappa shape index (κ1) is 23.5. The topological polar surface area (TPSA) is 44.4 Å². The predicted molar refractivity (Wildman–Crippen MR) is 109 cm³/mol. The molecule has 0 radical (unpaired) electrons. The van der Waals surface area contributed by atoms with Crippen LogP contribution < -0.4 is 10.6 Å². The fourth-order valence-corrected chi connectivity index (χ4v) is 3.60. The molecule has 7 heteroatoms. The van der Waals surface area contributed by atoms with Gasteiger partial charge in [0.05, 0.1) is 0 Å². The van der Waals surface area contributed by atoms with Crippen molar-refractivity contribution in [1.82, 2.24) is 15.5 Å². The lowest BCUT2D eigenvalue weighted by atomic mass is 10.0. The molecular weight excluding hydrogens is 365 g/mol. The smallest absolute Gasteiger partial charge is 0.242 e. The maximum atomic E-state index is 12.7. The largest absolute Gasteiger partial charge is 0.353 e. The van der Waals surface area contributed by atoms with Crippen molar-refractivity contribution in [3.8, 4) is 0 Å². The molecule has 1 amide bonds. The van der Waals surface area contributed by atoms with Crippen LogP contribution in [0.2, 0.25) is 0 Å². The summed E-state index contributed by atoms with van der Waals surface area (Å²) in [5, 5.41) is 6.40. The highest BCUT2D eigenvalue weighted by Crippen LogP contribution is 2.24. The molecule has 1 unspecified atom stereocenters. The van der Waals surface area contributed by atoms with Crippen LogP contribution in [0.15, 0.2) is 30.3 Å². The van der Waals surface area contributed by atoms with E-state index in [-0.39, 0.29) is 36.8 Å². The van der Waals surface area contributed by atoms with Crippen molar-refractivity contribution in [2.24, 2.45) is 0 Å². The molecule has 1 aromatic rings. The Labute approximate surface area is 162 Å². The van der Waals surface area contributed by atoms with Gasteiger partial charge in [0.15, 0.2) is 0 Å². The number of nitrogens with one attached hydrogen (secondary N) is 2. The van der Waals surface area contributed by atoms with E-state index in [0.29, 0.717) is 6.54 Å². The lowest BCUT2D eigenvalue weighted by Gasteiger charge is -2.33. The van der Waals surface area contributed by atoms with Crippen LogP contribution in [-0.4, -0.2) is 55.0 Å². The van der Waals surface area contributed by atoms with Crippen LogP contribution in [0.3, 0.4) is 0 Å². The first-order chi connectivity index (χ1) is 10.8. The number of hydrogen-bond acceptors (Lipinski definition) is 4. The fourth-order valence-electron chi connectivity index (χ4n) is 2.67. The second-order valence-corrected chi connectivity index (χ2v) is 6.73. The average molecular weight is 394 g/mol. The van der Waals surface area contributed by atoms with Gasteiger partial charge >= 0.3 is 0 Å². The van der Waals surface area contributed by atoms with E-state index in [2.05, 4.69) is 34.6 Å². The first-order valence-electron chi connectivity index (χ1n) is 8.18. The van der Waals surface area contributed by atoms with Crippen molar-refractivity contribution in [3.05, 3.63) is 35.9 Å². The summed E-state index contributed by atoms with van der Waals surface area (Å²) >= 11 is 1.97. The highest BCUT2D eigenvalue weighted by Gasteiger charge is 2.28. The van der Waals surface area contributed by atoms with E-state index in [4.69, 9.17) is 0 Å². The molecule has 1 aliphatic heterocycles. The van der Waals surface area contributed by atoms with Gasteiger partial charge in [-0.2, -0.15) is 11.8 Å². The molecule has 1 heterocycles. The number of nitrogens with zero attached hydrogens (tertiary/aromatic N) is 1. The maximum absolute atomic E-state index is 12.7. The van der Waals surface area contributed by atoms with Gasteiger partial charge in [-0.3, -0.25) is 9.69 Å². The van der Waals surface area contributed by atoms with Gasteiger partial charge in [-0.05, 0) is 18.5 Å². The summed E-state index contributed by atoms with van der Waals surface area (Å²) in [4.78, 5) is 15.0. The molecule has 1 aliphatic rings. The van der Waals surface area contributed by atoms with E-state index in [1.54, 1.807) is 0 Å². The van der Waals surface area contributed by atoms with Crippen molar-refractivity contribution < 1.29 is 4.79 Å². The second-order valence-electron chi connectivity index (χ2n) is 5.50. The zero-order valence-electron chi connectivity index (χ0n) is 14.2. The number of thioether (sulfide) groups is 1. The summed E-state index contributed by atoms with van der Waals surface area (Å²) in [5.41, 5.74) is 1.09. The molecule has 0 aromatic heterocycles. The number of carbonyl (C=O) groups excluding carboxylic acids is 1. The SMILES string of the molecule is CCCNCCNC(=O)C(c1ccccc1)N1CCSCC1.Cl.Cl. The molecule has 0 bridgehead atoms. The summed E-state index contributed by atoms with van der Waals surface area (Å²) in [7, 11) is 0. The van der Waals surface area contributed by atoms with E-state index in [1.165, 1.54) is 0 Å². The van der Waals surface area contributed by atoms with Crippen LogP contribution in [0.1, 0.15) is 24.9 Å². The van der Waals surface area contributed by atoms with Crippen LogP contribution >= 0.6 is 36.6 Å². The van der Waals surface area contributed by atoms with Crippen LogP contribution in [0.5, 0.6) is 0 Å². The van der Waals surface area contributed by atoms with Crippen molar-refractivity contribution in [3.63, 3.8) is 0 Å². The van der Waals surface area contributed by atoms with E-state index < -0.39 is 0 Å². The minimum absolute atomic E-state index is 0. The maximum Gasteiger partial charge on any atom is 0.242 e. The molecule has 1 aromatic carbocycles. The molecule has 1 saturated heterocycles. The summed E-state index contributed by atoms with van der Waals surface area (Å²) in [6, 6.07) is 9.98. The fraction of sp³-hybridized carbons (Fsp3) is 0.588. The number of amides is 1. The van der Waals surface area contributed by atoms with Crippen LogP contribution in [0, 0.1) is 0 Å². The van der Waals surface area contributed by atoms with Gasteiger partial charge in [0.1, 0.15) is 6.04 Å². The van der Waals surface area contributed by atoms with Crippen LogP contribution in [-0.2, 0) is 4.79 Å². The molecule has 1 atom stereocenters. The van der Waals surface area contributed by atoms with Gasteiger partial charge in [0.2, 0.25) is 5.91 Å². The third-order valence-electron chi connectivity index (χ3n) is 3.80. The Balaban J connectivity index is 0.00000264. The van der Waals surface area contributed by atoms with Gasteiger partial charge in [0, 0.05) is 37.7 Å². The summed E-state index contributed by atoms with van der Waals surface area (Å²) in [6.45, 7) is 6.62. The van der Waals surface area contributed by atoms with Crippen molar-refractivity contribution in [2.75, 3.05) is 44.2 Å². The Morgan fingerprint density at radius 2 is 1.79 bits per heavy atom. The Morgan fingerprint density at radius 3 is 2.42 bits per heavy atom. The van der Waals surface area contributed by atoms with Gasteiger partial charge in [-0.25, -0.2) is 0 Å². The number of halogens is 2. The summed E-state index contributed by atoms with van der Waals surface area (Å²) in [6.07, 6.45) is 1.12. The normalized spacial score (nSPS) is 15.7. The molecular formula is C17H29Cl2N3OS. The van der Waals surface area contributed by atoms with E-state index in [0.717, 1.165) is 49.7 Å². The molecule has 2 rings (SSSR count). The molecule has 0 saturated carbocycles. The van der Waals surface area contributed by atoms with Crippen molar-refractivity contribution >= 4 is 42.5 Å². The number of benzene rings is 1. The Bertz CT molecular complexity index is 445. The van der Waals surface area contributed by atoms with E-state index >= 15 is 0 Å². The number of hydrogen-bond donors (Lipinski definition) is 2. The van der Waals surface area contributed by atoms with Crippen molar-refractivity contribution in [1.29, 1.82) is 0 Å². The predicted octanol–water partition coefficient (Wildman–Crippen LogP) is 2.74. The molecule has 4 nitrogen and oxygen atoms in total. The molecule has 0 aliphatic carbocycles. The van der Waals surface area contributed by atoms with Crippen LogP contribution in [0.25, 0.3) is 0 Å². The lowest BCUT2D eigenvalue weighted by molar-refractivity contribution is -0.126. The van der Waals surface area contributed by atoms with E-state index in [9.17, 15) is 4.79 Å². The second kappa shape index (κ2) is 13.8. The Hall–Kier alpha value is -0.460. The van der Waals surface area contributed by atoms with Crippen molar-refractivity contribution in [2.45, 2.75) is 19.4 Å². The van der Waals surface area contributed by atoms with Gasteiger partial charge in [0.25, 0.3) is 0 Å². The molecule has 1 fully saturated rings. The molecule has 2 N–H and O–H groups in total. The van der Waals surface area contributed by atoms with Gasteiger partial charge in [-0.1, -0.05) is 37.3 Å². The first-order valence-corrected chi connectivity index (χ1v) is 9.33. The highest BCUT2D eigenvalue weighted by molar-refractivity contribution is 7.99. The highest BCUT2D eigenvalue weighted by atomic mass is 35.5. The minimum atomic E-state index is -0.159. The molecule has 0 spiro atoms. The molecule has 24 heavy (non-hydrogen) atoms. The third-order valence-corrected chi connectivity index (χ3v) is 4.74. The number of rotatable bonds is 8. The summed E-state index contributed by atoms with van der Waals surface area (Å²) < 4.78 is 0. The van der Waals surface area contributed by atoms with Crippen LogP contribution in [0.4, 0.5) is 0 Å². The average Bonchev–Trinajstić information content (AvgIpc) is 2.57.